The summed E-state index contributed by atoms with van der Waals surface area (Å²) in [5.74, 6) is 0.903. The molecule has 0 aromatic heterocycles. The summed E-state index contributed by atoms with van der Waals surface area (Å²) < 4.78 is 0. The van der Waals surface area contributed by atoms with Gasteiger partial charge in [-0.15, -0.1) is 0 Å². The summed E-state index contributed by atoms with van der Waals surface area (Å²) >= 11 is 1.90. The Hall–Kier alpha value is -0.220. The number of amides is 1. The van der Waals surface area contributed by atoms with Gasteiger partial charge in [0, 0.05) is 30.5 Å². The Labute approximate surface area is 71.1 Å². The van der Waals surface area contributed by atoms with Crippen molar-refractivity contribution in [1.29, 1.82) is 0 Å². The van der Waals surface area contributed by atoms with Crippen LogP contribution in [-0.2, 0) is 4.79 Å². The predicted molar refractivity (Wildman–Crippen MR) is 46.5 cm³/mol. The molecule has 11 heavy (non-hydrogen) atoms. The SMILES string of the molecule is NC(=O)CCC1C[N]CCS1. The van der Waals surface area contributed by atoms with Crippen LogP contribution in [-0.4, -0.2) is 30.0 Å². The largest absolute Gasteiger partial charge is 0.370 e. The fourth-order valence-electron chi connectivity index (χ4n) is 1.05. The molecule has 0 bridgehead atoms. The molecule has 1 heterocycles. The van der Waals surface area contributed by atoms with Gasteiger partial charge in [0.05, 0.1) is 0 Å². The van der Waals surface area contributed by atoms with Gasteiger partial charge in [0.1, 0.15) is 0 Å². The number of hydrogen-bond acceptors (Lipinski definition) is 2. The van der Waals surface area contributed by atoms with Crippen molar-refractivity contribution in [2.24, 2.45) is 5.73 Å². The summed E-state index contributed by atoms with van der Waals surface area (Å²) in [6.07, 6.45) is 1.40. The quantitative estimate of drug-likeness (QED) is 0.651. The zero-order valence-corrected chi connectivity index (χ0v) is 7.27. The van der Waals surface area contributed by atoms with Crippen molar-refractivity contribution in [3.63, 3.8) is 0 Å². The van der Waals surface area contributed by atoms with E-state index in [4.69, 9.17) is 5.73 Å². The number of carbonyl (C=O) groups is 1. The second-order valence-corrected chi connectivity index (χ2v) is 4.04. The van der Waals surface area contributed by atoms with E-state index in [2.05, 4.69) is 5.32 Å². The van der Waals surface area contributed by atoms with Crippen molar-refractivity contribution in [2.45, 2.75) is 18.1 Å². The molecule has 1 fully saturated rings. The molecule has 0 saturated carbocycles. The van der Waals surface area contributed by atoms with Gasteiger partial charge >= 0.3 is 0 Å². The molecule has 3 nitrogen and oxygen atoms in total. The van der Waals surface area contributed by atoms with Crippen molar-refractivity contribution in [3.8, 4) is 0 Å². The highest BCUT2D eigenvalue weighted by Gasteiger charge is 2.14. The van der Waals surface area contributed by atoms with Crippen LogP contribution in [0.5, 0.6) is 0 Å². The molecular formula is C7H13N2OS. The minimum atomic E-state index is -0.198. The lowest BCUT2D eigenvalue weighted by Crippen LogP contribution is -2.28. The zero-order chi connectivity index (χ0) is 8.10. The van der Waals surface area contributed by atoms with Gasteiger partial charge in [-0.2, -0.15) is 11.8 Å². The number of carbonyl (C=O) groups excluding carboxylic acids is 1. The molecule has 0 aliphatic carbocycles. The highest BCUT2D eigenvalue weighted by Crippen LogP contribution is 2.18. The third-order valence-electron chi connectivity index (χ3n) is 1.65. The molecule has 0 spiro atoms. The molecule has 1 aliphatic heterocycles. The van der Waals surface area contributed by atoms with Gasteiger partial charge in [-0.1, -0.05) is 0 Å². The predicted octanol–water partition coefficient (Wildman–Crippen LogP) is -0.0283. The van der Waals surface area contributed by atoms with Crippen LogP contribution in [0.1, 0.15) is 12.8 Å². The van der Waals surface area contributed by atoms with Crippen LogP contribution in [0.2, 0.25) is 0 Å². The molecular weight excluding hydrogens is 160 g/mol. The summed E-state index contributed by atoms with van der Waals surface area (Å²) in [5.41, 5.74) is 5.03. The van der Waals surface area contributed by atoms with Crippen molar-refractivity contribution in [3.05, 3.63) is 0 Å². The normalized spacial score (nSPS) is 24.9. The first kappa shape index (κ1) is 8.87. The van der Waals surface area contributed by atoms with Gasteiger partial charge in [0.25, 0.3) is 0 Å². The van der Waals surface area contributed by atoms with Crippen molar-refractivity contribution in [2.75, 3.05) is 18.8 Å². The number of thioether (sulfide) groups is 1. The van der Waals surface area contributed by atoms with E-state index in [-0.39, 0.29) is 5.91 Å². The third kappa shape index (κ3) is 3.62. The number of nitrogens with zero attached hydrogens (tertiary/aromatic N) is 1. The van der Waals surface area contributed by atoms with Gasteiger partial charge in [-0.25, -0.2) is 5.32 Å². The van der Waals surface area contributed by atoms with Crippen LogP contribution in [0.3, 0.4) is 0 Å². The summed E-state index contributed by atoms with van der Waals surface area (Å²) in [6, 6.07) is 0. The minimum Gasteiger partial charge on any atom is -0.370 e. The average molecular weight is 173 g/mol. The molecule has 4 heteroatoms. The van der Waals surface area contributed by atoms with E-state index in [1.807, 2.05) is 11.8 Å². The molecule has 1 aliphatic rings. The van der Waals surface area contributed by atoms with Crippen LogP contribution in [0.25, 0.3) is 0 Å². The van der Waals surface area contributed by atoms with Gasteiger partial charge in [-0.3, -0.25) is 4.79 Å². The maximum atomic E-state index is 10.4. The van der Waals surface area contributed by atoms with E-state index in [1.165, 1.54) is 0 Å². The summed E-state index contributed by atoms with van der Waals surface area (Å²) in [6.45, 7) is 1.87. The van der Waals surface area contributed by atoms with Gasteiger partial charge < -0.3 is 5.73 Å². The molecule has 0 aromatic rings. The Morgan fingerprint density at radius 2 is 2.55 bits per heavy atom. The Morgan fingerprint density at radius 1 is 1.73 bits per heavy atom. The Morgan fingerprint density at radius 3 is 3.09 bits per heavy atom. The van der Waals surface area contributed by atoms with Crippen molar-refractivity contribution >= 4 is 17.7 Å². The number of rotatable bonds is 3. The topological polar surface area (TPSA) is 57.2 Å². The summed E-state index contributed by atoms with van der Waals surface area (Å²) in [7, 11) is 0. The maximum absolute atomic E-state index is 10.4. The first-order valence-electron chi connectivity index (χ1n) is 3.82. The van der Waals surface area contributed by atoms with E-state index in [0.29, 0.717) is 11.7 Å². The van der Waals surface area contributed by atoms with Crippen LogP contribution in [0.15, 0.2) is 0 Å². The second kappa shape index (κ2) is 4.62. The number of primary amides is 1. The van der Waals surface area contributed by atoms with Crippen molar-refractivity contribution in [1.82, 2.24) is 5.32 Å². The molecule has 1 unspecified atom stereocenters. The fraction of sp³-hybridized carbons (Fsp3) is 0.857. The molecule has 63 valence electrons. The van der Waals surface area contributed by atoms with E-state index < -0.39 is 0 Å². The minimum absolute atomic E-state index is 0.198. The average Bonchev–Trinajstić information content (AvgIpc) is 2.03. The van der Waals surface area contributed by atoms with Gasteiger partial charge in [-0.05, 0) is 6.42 Å². The van der Waals surface area contributed by atoms with E-state index >= 15 is 0 Å². The zero-order valence-electron chi connectivity index (χ0n) is 6.45. The first-order chi connectivity index (χ1) is 5.29. The Kier molecular flexibility index (Phi) is 3.72. The maximum Gasteiger partial charge on any atom is 0.217 e. The lowest BCUT2D eigenvalue weighted by Gasteiger charge is -2.20. The second-order valence-electron chi connectivity index (χ2n) is 2.63. The monoisotopic (exact) mass is 173 g/mol. The molecule has 1 atom stereocenters. The fourth-order valence-corrected chi connectivity index (χ4v) is 2.11. The lowest BCUT2D eigenvalue weighted by molar-refractivity contribution is -0.118. The summed E-state index contributed by atoms with van der Waals surface area (Å²) in [4.78, 5) is 10.4. The highest BCUT2D eigenvalue weighted by molar-refractivity contribution is 8.00. The van der Waals surface area contributed by atoms with E-state index in [0.717, 1.165) is 25.3 Å². The van der Waals surface area contributed by atoms with Crippen LogP contribution < -0.4 is 11.1 Å². The van der Waals surface area contributed by atoms with E-state index in [1.54, 1.807) is 0 Å². The van der Waals surface area contributed by atoms with Gasteiger partial charge in [0.2, 0.25) is 5.91 Å². The molecule has 0 aromatic carbocycles. The van der Waals surface area contributed by atoms with Crippen LogP contribution in [0, 0.1) is 0 Å². The third-order valence-corrected chi connectivity index (χ3v) is 2.92. The first-order valence-corrected chi connectivity index (χ1v) is 4.87. The Balaban J connectivity index is 2.09. The lowest BCUT2D eigenvalue weighted by atomic mass is 10.2. The van der Waals surface area contributed by atoms with Crippen LogP contribution >= 0.6 is 11.8 Å². The summed E-state index contributed by atoms with van der Waals surface area (Å²) in [5, 5.41) is 4.80. The molecule has 1 amide bonds. The molecule has 2 N–H and O–H groups in total. The highest BCUT2D eigenvalue weighted by atomic mass is 32.2. The van der Waals surface area contributed by atoms with Gasteiger partial charge in [0.15, 0.2) is 0 Å². The Bertz CT molecular complexity index is 134. The molecule has 1 rings (SSSR count). The molecule has 1 radical (unpaired) electrons. The van der Waals surface area contributed by atoms with E-state index in [9.17, 15) is 4.79 Å². The van der Waals surface area contributed by atoms with Crippen molar-refractivity contribution < 1.29 is 4.79 Å². The molecule has 1 saturated heterocycles. The number of nitrogens with two attached hydrogens (primary N) is 1. The smallest absolute Gasteiger partial charge is 0.217 e. The van der Waals surface area contributed by atoms with Crippen LogP contribution in [0.4, 0.5) is 0 Å². The number of hydrogen-bond donors (Lipinski definition) is 1. The standard InChI is InChI=1S/C7H13N2OS/c8-7(10)2-1-6-5-9-3-4-11-6/h6H,1-5H2,(H2,8,10).